The minimum atomic E-state index is -1.42. The standard InChI is InChI=1S/C13H10F3NO2/c1-2-18-8-4-3-5-9(6-8)19-13-11(15)7-10(14)12(16)17-13/h3-7H,2H2,1H3. The van der Waals surface area contributed by atoms with Gasteiger partial charge >= 0.3 is 0 Å². The van der Waals surface area contributed by atoms with Gasteiger partial charge in [-0.25, -0.2) is 8.78 Å². The summed E-state index contributed by atoms with van der Waals surface area (Å²) in [6, 6.07) is 6.70. The van der Waals surface area contributed by atoms with E-state index in [0.717, 1.165) is 0 Å². The molecule has 100 valence electrons. The van der Waals surface area contributed by atoms with Gasteiger partial charge in [-0.3, -0.25) is 0 Å². The van der Waals surface area contributed by atoms with Gasteiger partial charge < -0.3 is 9.47 Å². The Labute approximate surface area is 107 Å². The number of ether oxygens (including phenoxy) is 2. The Morgan fingerprint density at radius 3 is 2.53 bits per heavy atom. The summed E-state index contributed by atoms with van der Waals surface area (Å²) >= 11 is 0. The molecule has 0 atom stereocenters. The fraction of sp³-hybridized carbons (Fsp3) is 0.154. The summed E-state index contributed by atoms with van der Waals surface area (Å²) in [6.45, 7) is 2.27. The molecule has 0 radical (unpaired) electrons. The highest BCUT2D eigenvalue weighted by molar-refractivity contribution is 5.35. The molecule has 6 heteroatoms. The lowest BCUT2D eigenvalue weighted by Gasteiger charge is -2.08. The highest BCUT2D eigenvalue weighted by Crippen LogP contribution is 2.26. The Kier molecular flexibility index (Phi) is 3.89. The van der Waals surface area contributed by atoms with E-state index in [9.17, 15) is 13.2 Å². The van der Waals surface area contributed by atoms with Gasteiger partial charge in [0, 0.05) is 12.1 Å². The Morgan fingerprint density at radius 1 is 1.05 bits per heavy atom. The second kappa shape index (κ2) is 5.60. The molecule has 0 unspecified atom stereocenters. The summed E-state index contributed by atoms with van der Waals surface area (Å²) in [4.78, 5) is 3.06. The predicted octanol–water partition coefficient (Wildman–Crippen LogP) is 3.69. The van der Waals surface area contributed by atoms with Gasteiger partial charge in [0.2, 0.25) is 0 Å². The summed E-state index contributed by atoms with van der Waals surface area (Å²) in [5, 5.41) is 0. The largest absolute Gasteiger partial charge is 0.494 e. The smallest absolute Gasteiger partial charge is 0.258 e. The minimum absolute atomic E-state index is 0.211. The van der Waals surface area contributed by atoms with E-state index in [0.29, 0.717) is 18.4 Å². The van der Waals surface area contributed by atoms with Crippen molar-refractivity contribution in [2.24, 2.45) is 0 Å². The van der Waals surface area contributed by atoms with E-state index in [4.69, 9.17) is 9.47 Å². The third-order valence-corrected chi connectivity index (χ3v) is 2.19. The van der Waals surface area contributed by atoms with E-state index >= 15 is 0 Å². The van der Waals surface area contributed by atoms with Gasteiger partial charge in [-0.05, 0) is 19.1 Å². The molecule has 0 saturated heterocycles. The zero-order valence-electron chi connectivity index (χ0n) is 9.99. The molecule has 0 aliphatic heterocycles. The monoisotopic (exact) mass is 269 g/mol. The van der Waals surface area contributed by atoms with Crippen molar-refractivity contribution in [2.75, 3.05) is 6.61 Å². The number of nitrogens with zero attached hydrogens (tertiary/aromatic N) is 1. The summed E-state index contributed by atoms with van der Waals surface area (Å²) in [7, 11) is 0. The molecule has 0 bridgehead atoms. The highest BCUT2D eigenvalue weighted by atomic mass is 19.2. The summed E-state index contributed by atoms with van der Waals surface area (Å²) in [5.41, 5.74) is 0. The number of aromatic nitrogens is 1. The van der Waals surface area contributed by atoms with Crippen molar-refractivity contribution in [2.45, 2.75) is 6.92 Å². The topological polar surface area (TPSA) is 31.4 Å². The first-order valence-electron chi connectivity index (χ1n) is 5.52. The van der Waals surface area contributed by atoms with E-state index in [1.807, 2.05) is 6.92 Å². The van der Waals surface area contributed by atoms with E-state index in [1.54, 1.807) is 12.1 Å². The average Bonchev–Trinajstić information content (AvgIpc) is 2.37. The van der Waals surface area contributed by atoms with Crippen LogP contribution in [-0.4, -0.2) is 11.6 Å². The third kappa shape index (κ3) is 3.15. The molecule has 0 spiro atoms. The first kappa shape index (κ1) is 13.2. The van der Waals surface area contributed by atoms with Crippen molar-refractivity contribution in [3.63, 3.8) is 0 Å². The van der Waals surface area contributed by atoms with E-state index in [2.05, 4.69) is 4.98 Å². The molecule has 0 aliphatic rings. The molecule has 2 aromatic rings. The van der Waals surface area contributed by atoms with Crippen LogP contribution in [0.1, 0.15) is 6.92 Å². The summed E-state index contributed by atoms with van der Waals surface area (Å²) in [6.07, 6.45) is 0. The molecule has 0 aliphatic carbocycles. The number of rotatable bonds is 4. The molecule has 19 heavy (non-hydrogen) atoms. The van der Waals surface area contributed by atoms with Gasteiger partial charge in [0.15, 0.2) is 11.6 Å². The zero-order chi connectivity index (χ0) is 13.8. The zero-order valence-corrected chi connectivity index (χ0v) is 9.99. The lowest BCUT2D eigenvalue weighted by Crippen LogP contribution is -1.98. The van der Waals surface area contributed by atoms with Gasteiger partial charge in [0.25, 0.3) is 11.8 Å². The first-order chi connectivity index (χ1) is 9.10. The van der Waals surface area contributed by atoms with Crippen LogP contribution in [0.5, 0.6) is 17.4 Å². The number of pyridine rings is 1. The van der Waals surface area contributed by atoms with E-state index in [1.165, 1.54) is 12.1 Å². The maximum atomic E-state index is 13.3. The van der Waals surface area contributed by atoms with Crippen LogP contribution in [-0.2, 0) is 0 Å². The molecule has 0 amide bonds. The van der Waals surface area contributed by atoms with Crippen LogP contribution in [0.15, 0.2) is 30.3 Å². The Hall–Kier alpha value is -2.24. The Morgan fingerprint density at radius 2 is 1.79 bits per heavy atom. The van der Waals surface area contributed by atoms with Crippen LogP contribution in [0.4, 0.5) is 13.2 Å². The van der Waals surface area contributed by atoms with Crippen molar-refractivity contribution in [3.05, 3.63) is 47.9 Å². The van der Waals surface area contributed by atoms with Gasteiger partial charge in [0.05, 0.1) is 6.61 Å². The summed E-state index contributed by atoms with van der Waals surface area (Å²) < 4.78 is 49.2. The minimum Gasteiger partial charge on any atom is -0.494 e. The molecule has 2 rings (SSSR count). The van der Waals surface area contributed by atoms with Crippen LogP contribution in [0.2, 0.25) is 0 Å². The number of hydrogen-bond acceptors (Lipinski definition) is 3. The number of benzene rings is 1. The maximum absolute atomic E-state index is 13.3. The molecule has 0 saturated carbocycles. The molecule has 0 fully saturated rings. The quantitative estimate of drug-likeness (QED) is 0.793. The molecular formula is C13H10F3NO2. The average molecular weight is 269 g/mol. The van der Waals surface area contributed by atoms with Crippen molar-refractivity contribution in [3.8, 4) is 17.4 Å². The lowest BCUT2D eigenvalue weighted by atomic mass is 10.3. The SMILES string of the molecule is CCOc1cccc(Oc2nc(F)c(F)cc2F)c1. The van der Waals surface area contributed by atoms with Gasteiger partial charge in [0.1, 0.15) is 11.5 Å². The van der Waals surface area contributed by atoms with Crippen molar-refractivity contribution in [1.82, 2.24) is 4.98 Å². The fourth-order valence-electron chi connectivity index (χ4n) is 1.41. The second-order valence-electron chi connectivity index (χ2n) is 3.56. The van der Waals surface area contributed by atoms with Crippen LogP contribution in [0.25, 0.3) is 0 Å². The molecule has 1 aromatic carbocycles. The van der Waals surface area contributed by atoms with Crippen molar-refractivity contribution >= 4 is 0 Å². The van der Waals surface area contributed by atoms with E-state index in [-0.39, 0.29) is 5.75 Å². The van der Waals surface area contributed by atoms with Crippen LogP contribution < -0.4 is 9.47 Å². The first-order valence-corrected chi connectivity index (χ1v) is 5.52. The van der Waals surface area contributed by atoms with Crippen LogP contribution in [0.3, 0.4) is 0 Å². The molecule has 0 N–H and O–H groups in total. The van der Waals surface area contributed by atoms with Crippen LogP contribution >= 0.6 is 0 Å². The van der Waals surface area contributed by atoms with Crippen molar-refractivity contribution < 1.29 is 22.6 Å². The van der Waals surface area contributed by atoms with E-state index < -0.39 is 23.5 Å². The molecular weight excluding hydrogens is 259 g/mol. The Balaban J connectivity index is 2.25. The fourth-order valence-corrected chi connectivity index (χ4v) is 1.41. The normalized spacial score (nSPS) is 10.3. The maximum Gasteiger partial charge on any atom is 0.258 e. The number of hydrogen-bond donors (Lipinski definition) is 0. The van der Waals surface area contributed by atoms with Crippen LogP contribution in [0, 0.1) is 17.6 Å². The molecule has 1 aromatic heterocycles. The van der Waals surface area contributed by atoms with Crippen molar-refractivity contribution in [1.29, 1.82) is 0 Å². The molecule has 1 heterocycles. The Bertz CT molecular complexity index is 590. The van der Waals surface area contributed by atoms with Gasteiger partial charge in [-0.1, -0.05) is 6.07 Å². The lowest BCUT2D eigenvalue weighted by molar-refractivity contribution is 0.336. The third-order valence-electron chi connectivity index (χ3n) is 2.19. The number of halogens is 3. The predicted molar refractivity (Wildman–Crippen MR) is 61.8 cm³/mol. The second-order valence-corrected chi connectivity index (χ2v) is 3.56. The van der Waals surface area contributed by atoms with Gasteiger partial charge in [-0.2, -0.15) is 9.37 Å². The highest BCUT2D eigenvalue weighted by Gasteiger charge is 2.13. The summed E-state index contributed by atoms with van der Waals surface area (Å²) in [5.74, 6) is -3.77. The molecule has 3 nitrogen and oxygen atoms in total. The van der Waals surface area contributed by atoms with Gasteiger partial charge in [-0.15, -0.1) is 0 Å².